The van der Waals surface area contributed by atoms with Crippen LogP contribution in [0, 0.1) is 5.82 Å². The van der Waals surface area contributed by atoms with E-state index in [2.05, 4.69) is 0 Å². The van der Waals surface area contributed by atoms with Crippen molar-refractivity contribution in [3.8, 4) is 0 Å². The van der Waals surface area contributed by atoms with Crippen molar-refractivity contribution in [3.63, 3.8) is 0 Å². The van der Waals surface area contributed by atoms with Crippen molar-refractivity contribution in [3.05, 3.63) is 45.9 Å². The van der Waals surface area contributed by atoms with Crippen molar-refractivity contribution in [2.75, 3.05) is 0 Å². The Balaban J connectivity index is 2.34. The van der Waals surface area contributed by atoms with Crippen molar-refractivity contribution in [2.24, 2.45) is 0 Å². The zero-order valence-corrected chi connectivity index (χ0v) is 11.0. The molecule has 2 rings (SSSR count). The standard InChI is InChI=1S/C12H10BFO2S2/c13-12(16)9-3-8(14)1-2-10(9)18-11-6-17-5-7(11)4-15/h1-3,5-6,12,15-16H,4H2. The highest BCUT2D eigenvalue weighted by atomic mass is 32.2. The van der Waals surface area contributed by atoms with Crippen LogP contribution in [-0.2, 0) is 6.61 Å². The second-order valence-corrected chi connectivity index (χ2v) is 5.48. The number of aliphatic hydroxyl groups is 2. The summed E-state index contributed by atoms with van der Waals surface area (Å²) < 4.78 is 13.1. The summed E-state index contributed by atoms with van der Waals surface area (Å²) in [5, 5.41) is 22.3. The highest BCUT2D eigenvalue weighted by Crippen LogP contribution is 2.36. The summed E-state index contributed by atoms with van der Waals surface area (Å²) in [6.07, 6.45) is 0. The van der Waals surface area contributed by atoms with E-state index < -0.39 is 11.8 Å². The summed E-state index contributed by atoms with van der Waals surface area (Å²) in [7, 11) is 5.41. The molecule has 92 valence electrons. The van der Waals surface area contributed by atoms with Gasteiger partial charge in [-0.15, -0.1) is 0 Å². The molecule has 6 heteroatoms. The number of rotatable bonds is 4. The average molecular weight is 280 g/mol. The van der Waals surface area contributed by atoms with Gasteiger partial charge >= 0.3 is 0 Å². The van der Waals surface area contributed by atoms with Crippen LogP contribution in [0.3, 0.4) is 0 Å². The lowest BCUT2D eigenvalue weighted by Gasteiger charge is -2.12. The molecule has 0 aliphatic rings. The molecule has 0 aliphatic carbocycles. The van der Waals surface area contributed by atoms with Gasteiger partial charge in [0.1, 0.15) is 13.7 Å². The summed E-state index contributed by atoms with van der Waals surface area (Å²) in [4.78, 5) is 1.57. The number of aliphatic hydroxyl groups excluding tert-OH is 2. The average Bonchev–Trinajstić information content (AvgIpc) is 2.78. The third-order valence-electron chi connectivity index (χ3n) is 2.38. The number of hydrogen-bond acceptors (Lipinski definition) is 4. The van der Waals surface area contributed by atoms with Gasteiger partial charge in [-0.25, -0.2) is 4.39 Å². The lowest BCUT2D eigenvalue weighted by atomic mass is 9.92. The molecule has 1 atom stereocenters. The molecule has 0 fully saturated rings. The van der Waals surface area contributed by atoms with Gasteiger partial charge in [0.15, 0.2) is 0 Å². The van der Waals surface area contributed by atoms with E-state index in [9.17, 15) is 9.50 Å². The van der Waals surface area contributed by atoms with Crippen molar-refractivity contribution in [1.82, 2.24) is 0 Å². The Bertz CT molecular complexity index is 543. The molecule has 2 radical (unpaired) electrons. The van der Waals surface area contributed by atoms with E-state index in [0.717, 1.165) is 10.5 Å². The first-order valence-electron chi connectivity index (χ1n) is 5.18. The molecule has 18 heavy (non-hydrogen) atoms. The normalized spacial score (nSPS) is 12.6. The van der Waals surface area contributed by atoms with Crippen LogP contribution >= 0.6 is 23.1 Å². The van der Waals surface area contributed by atoms with Crippen LogP contribution in [0.4, 0.5) is 4.39 Å². The Labute approximate surface area is 114 Å². The summed E-state index contributed by atoms with van der Waals surface area (Å²) in [6, 6.07) is 2.89. The van der Waals surface area contributed by atoms with Crippen LogP contribution < -0.4 is 0 Å². The molecule has 1 heterocycles. The summed E-state index contributed by atoms with van der Waals surface area (Å²) in [5.74, 6) is -0.438. The van der Waals surface area contributed by atoms with Gasteiger partial charge in [0.05, 0.1) is 6.61 Å². The second-order valence-electron chi connectivity index (χ2n) is 3.65. The van der Waals surface area contributed by atoms with E-state index in [1.165, 1.54) is 35.2 Å². The van der Waals surface area contributed by atoms with Crippen molar-refractivity contribution >= 4 is 30.9 Å². The molecule has 0 bridgehead atoms. The molecule has 0 spiro atoms. The Hall–Kier alpha value is -0.815. The monoisotopic (exact) mass is 280 g/mol. The largest absolute Gasteiger partial charge is 0.398 e. The third kappa shape index (κ3) is 2.95. The molecule has 0 aliphatic heterocycles. The van der Waals surface area contributed by atoms with Gasteiger partial charge in [-0.2, -0.15) is 11.3 Å². The molecule has 0 saturated heterocycles. The van der Waals surface area contributed by atoms with E-state index in [1.54, 1.807) is 6.07 Å². The molecule has 1 aromatic heterocycles. The van der Waals surface area contributed by atoms with Gasteiger partial charge in [0.2, 0.25) is 0 Å². The van der Waals surface area contributed by atoms with Gasteiger partial charge in [0.25, 0.3) is 0 Å². The van der Waals surface area contributed by atoms with E-state index in [-0.39, 0.29) is 6.61 Å². The van der Waals surface area contributed by atoms with Crippen LogP contribution in [-0.4, -0.2) is 18.1 Å². The summed E-state index contributed by atoms with van der Waals surface area (Å²) in [6.45, 7) is -0.0481. The zero-order chi connectivity index (χ0) is 13.1. The minimum atomic E-state index is -1.22. The molecule has 2 aromatic rings. The Kier molecular flexibility index (Phi) is 4.45. The predicted molar refractivity (Wildman–Crippen MR) is 71.5 cm³/mol. The van der Waals surface area contributed by atoms with E-state index >= 15 is 0 Å². The minimum Gasteiger partial charge on any atom is -0.398 e. The van der Waals surface area contributed by atoms with Crippen LogP contribution in [0.1, 0.15) is 17.1 Å². The maximum atomic E-state index is 13.1. The minimum absolute atomic E-state index is 0.0481. The second kappa shape index (κ2) is 5.88. The zero-order valence-electron chi connectivity index (χ0n) is 9.34. The Morgan fingerprint density at radius 1 is 1.33 bits per heavy atom. The first-order valence-corrected chi connectivity index (χ1v) is 6.94. The molecule has 0 saturated carbocycles. The number of halogens is 1. The van der Waals surface area contributed by atoms with Crippen LogP contribution in [0.2, 0.25) is 0 Å². The molecular formula is C12H10BFO2S2. The lowest BCUT2D eigenvalue weighted by molar-refractivity contribution is 0.258. The summed E-state index contributed by atoms with van der Waals surface area (Å²) in [5.41, 5.74) is 1.15. The van der Waals surface area contributed by atoms with Gasteiger partial charge in [-0.1, -0.05) is 11.8 Å². The van der Waals surface area contributed by atoms with E-state index in [0.29, 0.717) is 10.5 Å². The van der Waals surface area contributed by atoms with Crippen LogP contribution in [0.25, 0.3) is 0 Å². The highest BCUT2D eigenvalue weighted by molar-refractivity contribution is 7.99. The molecule has 2 N–H and O–H groups in total. The molecular weight excluding hydrogens is 270 g/mol. The first-order chi connectivity index (χ1) is 8.61. The van der Waals surface area contributed by atoms with E-state index in [4.69, 9.17) is 13.0 Å². The fourth-order valence-electron chi connectivity index (χ4n) is 1.48. The number of hydrogen-bond donors (Lipinski definition) is 2. The molecule has 1 unspecified atom stereocenters. The third-order valence-corrected chi connectivity index (χ3v) is 4.52. The topological polar surface area (TPSA) is 40.5 Å². The van der Waals surface area contributed by atoms with Crippen LogP contribution in [0.15, 0.2) is 38.8 Å². The SMILES string of the molecule is [B]C(O)c1cc(F)ccc1Sc1cscc1CO. The Morgan fingerprint density at radius 2 is 2.11 bits per heavy atom. The van der Waals surface area contributed by atoms with E-state index in [1.807, 2.05) is 10.8 Å². The highest BCUT2D eigenvalue weighted by Gasteiger charge is 2.12. The van der Waals surface area contributed by atoms with Gasteiger partial charge in [-0.3, -0.25) is 0 Å². The maximum absolute atomic E-state index is 13.1. The van der Waals surface area contributed by atoms with Crippen molar-refractivity contribution < 1.29 is 14.6 Å². The summed E-state index contributed by atoms with van der Waals surface area (Å²) >= 11 is 2.83. The lowest BCUT2D eigenvalue weighted by Crippen LogP contribution is -1.99. The molecule has 0 amide bonds. The van der Waals surface area contributed by atoms with Crippen LogP contribution in [0.5, 0.6) is 0 Å². The van der Waals surface area contributed by atoms with Crippen molar-refractivity contribution in [1.29, 1.82) is 0 Å². The predicted octanol–water partition coefficient (Wildman–Crippen LogP) is 2.69. The van der Waals surface area contributed by atoms with Gasteiger partial charge < -0.3 is 10.2 Å². The Morgan fingerprint density at radius 3 is 2.78 bits per heavy atom. The first kappa shape index (κ1) is 13.6. The number of thiophene rings is 1. The molecule has 2 nitrogen and oxygen atoms in total. The molecule has 1 aromatic carbocycles. The fourth-order valence-corrected chi connectivity index (χ4v) is 3.55. The maximum Gasteiger partial charge on any atom is 0.123 e. The fraction of sp³-hybridized carbons (Fsp3) is 0.167. The quantitative estimate of drug-likeness (QED) is 0.846. The van der Waals surface area contributed by atoms with Gasteiger partial charge in [0, 0.05) is 26.7 Å². The smallest absolute Gasteiger partial charge is 0.123 e. The van der Waals surface area contributed by atoms with Gasteiger partial charge in [-0.05, 0) is 29.1 Å². The number of benzene rings is 1. The van der Waals surface area contributed by atoms with Crippen molar-refractivity contribution in [2.45, 2.75) is 22.4 Å².